The lowest BCUT2D eigenvalue weighted by Crippen LogP contribution is -2.36. The third-order valence-corrected chi connectivity index (χ3v) is 5.31. The van der Waals surface area contributed by atoms with Crippen molar-refractivity contribution in [2.45, 2.75) is 58.7 Å². The number of nitrogens with zero attached hydrogens (tertiary/aromatic N) is 2. The average Bonchev–Trinajstić information content (AvgIpc) is 3.30. The zero-order chi connectivity index (χ0) is 18.2. The number of aliphatic imine (C=N–C) groups is 1. The van der Waals surface area contributed by atoms with Gasteiger partial charge in [-0.15, -0.1) is 35.3 Å². The van der Waals surface area contributed by atoms with E-state index in [-0.39, 0.29) is 24.0 Å². The third kappa shape index (κ3) is 6.95. The van der Waals surface area contributed by atoms with Crippen molar-refractivity contribution in [3.8, 4) is 5.75 Å². The van der Waals surface area contributed by atoms with E-state index < -0.39 is 0 Å². The first-order valence-corrected chi connectivity index (χ1v) is 10.2. The van der Waals surface area contributed by atoms with Crippen LogP contribution in [0.3, 0.4) is 0 Å². The number of para-hydroxylation sites is 1. The summed E-state index contributed by atoms with van der Waals surface area (Å²) in [5.41, 5.74) is 1.13. The molecule has 3 rings (SSSR count). The van der Waals surface area contributed by atoms with Crippen molar-refractivity contribution < 1.29 is 4.74 Å². The lowest BCUT2D eigenvalue weighted by molar-refractivity contribution is 0.208. The Balaban J connectivity index is 0.00000261. The van der Waals surface area contributed by atoms with Crippen LogP contribution in [0.15, 0.2) is 35.5 Å². The molecule has 0 aliphatic heterocycles. The lowest BCUT2D eigenvalue weighted by atomic mass is 10.2. The summed E-state index contributed by atoms with van der Waals surface area (Å²) in [6.45, 7) is 6.24. The Morgan fingerprint density at radius 2 is 2.04 bits per heavy atom. The minimum absolute atomic E-state index is 0. The predicted molar refractivity (Wildman–Crippen MR) is 123 cm³/mol. The van der Waals surface area contributed by atoms with Crippen LogP contribution in [0.5, 0.6) is 5.75 Å². The fraction of sp³-hybridized carbons (Fsp3) is 0.500. The molecule has 2 aromatic rings. The maximum absolute atomic E-state index is 6.21. The molecule has 1 fully saturated rings. The molecule has 0 amide bonds. The fourth-order valence-corrected chi connectivity index (χ4v) is 3.81. The van der Waals surface area contributed by atoms with Gasteiger partial charge in [-0.1, -0.05) is 18.2 Å². The van der Waals surface area contributed by atoms with E-state index in [4.69, 9.17) is 9.73 Å². The summed E-state index contributed by atoms with van der Waals surface area (Å²) in [6.07, 6.45) is 7.14. The molecule has 1 saturated carbocycles. The molecule has 0 spiro atoms. The highest BCUT2D eigenvalue weighted by Gasteiger charge is 2.17. The van der Waals surface area contributed by atoms with Crippen molar-refractivity contribution in [2.75, 3.05) is 6.54 Å². The maximum Gasteiger partial charge on any atom is 0.191 e. The molecule has 1 heterocycles. The smallest absolute Gasteiger partial charge is 0.191 e. The Morgan fingerprint density at radius 3 is 2.74 bits per heavy atom. The molecule has 1 aliphatic rings. The highest BCUT2D eigenvalue weighted by molar-refractivity contribution is 14.0. The molecule has 0 unspecified atom stereocenters. The molecule has 5 nitrogen and oxygen atoms in total. The van der Waals surface area contributed by atoms with Gasteiger partial charge in [0.05, 0.1) is 19.2 Å². The Morgan fingerprint density at radius 1 is 1.26 bits per heavy atom. The molecular formula is C20H29IN4OS. The number of thiazole rings is 1. The minimum atomic E-state index is 0. The lowest BCUT2D eigenvalue weighted by Gasteiger charge is -2.16. The molecule has 1 aromatic heterocycles. The number of benzene rings is 1. The molecule has 1 aliphatic carbocycles. The van der Waals surface area contributed by atoms with Gasteiger partial charge in [-0.05, 0) is 45.6 Å². The van der Waals surface area contributed by atoms with Gasteiger partial charge in [-0.3, -0.25) is 0 Å². The van der Waals surface area contributed by atoms with Crippen LogP contribution in [0.25, 0.3) is 0 Å². The van der Waals surface area contributed by atoms with Gasteiger partial charge in [-0.2, -0.15) is 0 Å². The van der Waals surface area contributed by atoms with Crippen molar-refractivity contribution in [2.24, 2.45) is 4.99 Å². The Labute approximate surface area is 183 Å². The van der Waals surface area contributed by atoms with Crippen LogP contribution in [-0.2, 0) is 13.1 Å². The van der Waals surface area contributed by atoms with Gasteiger partial charge in [0.1, 0.15) is 10.8 Å². The van der Waals surface area contributed by atoms with Crippen LogP contribution in [-0.4, -0.2) is 23.6 Å². The van der Waals surface area contributed by atoms with E-state index in [1.807, 2.05) is 18.3 Å². The van der Waals surface area contributed by atoms with Crippen molar-refractivity contribution in [3.05, 3.63) is 45.9 Å². The van der Waals surface area contributed by atoms with E-state index >= 15 is 0 Å². The van der Waals surface area contributed by atoms with E-state index in [1.165, 1.54) is 17.7 Å². The Kier molecular flexibility index (Phi) is 9.33. The van der Waals surface area contributed by atoms with Crippen molar-refractivity contribution >= 4 is 41.3 Å². The Bertz CT molecular complexity index is 728. The van der Waals surface area contributed by atoms with Crippen LogP contribution in [0.4, 0.5) is 0 Å². The number of aromatic nitrogens is 1. The van der Waals surface area contributed by atoms with Crippen LogP contribution in [0, 0.1) is 6.92 Å². The fourth-order valence-electron chi connectivity index (χ4n) is 3.08. The van der Waals surface area contributed by atoms with Crippen LogP contribution < -0.4 is 15.4 Å². The normalized spacial score (nSPS) is 14.7. The highest BCUT2D eigenvalue weighted by Crippen LogP contribution is 2.27. The summed E-state index contributed by atoms with van der Waals surface area (Å²) in [5, 5.41) is 7.72. The highest BCUT2D eigenvalue weighted by atomic mass is 127. The topological polar surface area (TPSA) is 58.5 Å². The van der Waals surface area contributed by atoms with Crippen molar-refractivity contribution in [1.82, 2.24) is 15.6 Å². The zero-order valence-corrected chi connectivity index (χ0v) is 19.2. The number of hydrogen-bond donors (Lipinski definition) is 2. The summed E-state index contributed by atoms with van der Waals surface area (Å²) in [4.78, 5) is 10.3. The number of nitrogens with one attached hydrogen (secondary N) is 2. The monoisotopic (exact) mass is 500 g/mol. The number of hydrogen-bond acceptors (Lipinski definition) is 4. The summed E-state index contributed by atoms with van der Waals surface area (Å²) >= 11 is 1.71. The van der Waals surface area contributed by atoms with Gasteiger partial charge in [0.25, 0.3) is 0 Å². The maximum atomic E-state index is 6.21. The molecular weight excluding hydrogens is 471 g/mol. The van der Waals surface area contributed by atoms with Crippen LogP contribution in [0.1, 0.15) is 48.1 Å². The predicted octanol–water partition coefficient (Wildman–Crippen LogP) is 4.65. The molecule has 0 atom stereocenters. The van der Waals surface area contributed by atoms with Gasteiger partial charge in [-0.25, -0.2) is 9.98 Å². The number of guanidine groups is 1. The number of ether oxygens (including phenoxy) is 1. The van der Waals surface area contributed by atoms with Gasteiger partial charge in [0.15, 0.2) is 5.96 Å². The van der Waals surface area contributed by atoms with Gasteiger partial charge in [0.2, 0.25) is 0 Å². The van der Waals surface area contributed by atoms with Crippen LogP contribution >= 0.6 is 35.3 Å². The van der Waals surface area contributed by atoms with E-state index in [0.29, 0.717) is 19.2 Å². The third-order valence-electron chi connectivity index (χ3n) is 4.40. The van der Waals surface area contributed by atoms with Crippen LogP contribution in [0.2, 0.25) is 0 Å². The summed E-state index contributed by atoms with van der Waals surface area (Å²) in [7, 11) is 0. The van der Waals surface area contributed by atoms with E-state index in [0.717, 1.165) is 41.7 Å². The summed E-state index contributed by atoms with van der Waals surface area (Å²) in [6, 6.07) is 8.24. The second-order valence-electron chi connectivity index (χ2n) is 6.55. The minimum Gasteiger partial charge on any atom is -0.490 e. The summed E-state index contributed by atoms with van der Waals surface area (Å²) in [5.74, 6) is 1.77. The first-order valence-electron chi connectivity index (χ1n) is 9.42. The number of halogens is 1. The standard InChI is InChI=1S/C20H28N4OS.HI/c1-3-21-20(24-14-19-22-12-15(2)26-19)23-13-16-8-4-7-11-18(16)25-17-9-5-6-10-17;/h4,7-8,11-12,17H,3,5-6,9-10,13-14H2,1-2H3,(H2,21,23,24);1H. The average molecular weight is 500 g/mol. The summed E-state index contributed by atoms with van der Waals surface area (Å²) < 4.78 is 6.21. The molecule has 2 N–H and O–H groups in total. The SMILES string of the molecule is CCNC(=NCc1ccccc1OC1CCCC1)NCc1ncc(C)s1.I. The molecule has 0 bridgehead atoms. The van der Waals surface area contributed by atoms with Gasteiger partial charge >= 0.3 is 0 Å². The first kappa shape index (κ1) is 21.9. The Hall–Kier alpha value is -1.35. The van der Waals surface area contributed by atoms with E-state index in [9.17, 15) is 0 Å². The van der Waals surface area contributed by atoms with E-state index in [2.05, 4.69) is 41.6 Å². The zero-order valence-electron chi connectivity index (χ0n) is 16.0. The molecule has 0 radical (unpaired) electrons. The quantitative estimate of drug-likeness (QED) is 0.330. The van der Waals surface area contributed by atoms with Crippen molar-refractivity contribution in [1.29, 1.82) is 0 Å². The molecule has 7 heteroatoms. The van der Waals surface area contributed by atoms with Gasteiger partial charge < -0.3 is 15.4 Å². The van der Waals surface area contributed by atoms with Gasteiger partial charge in [0, 0.05) is 23.2 Å². The number of aryl methyl sites for hydroxylation is 1. The first-order chi connectivity index (χ1) is 12.7. The van der Waals surface area contributed by atoms with E-state index in [1.54, 1.807) is 11.3 Å². The second-order valence-corrected chi connectivity index (χ2v) is 7.86. The largest absolute Gasteiger partial charge is 0.490 e. The van der Waals surface area contributed by atoms with Crippen molar-refractivity contribution in [3.63, 3.8) is 0 Å². The molecule has 148 valence electrons. The second kappa shape index (κ2) is 11.5. The molecule has 0 saturated heterocycles. The number of rotatable bonds is 7. The molecule has 1 aromatic carbocycles. The molecule has 27 heavy (non-hydrogen) atoms.